The summed E-state index contributed by atoms with van der Waals surface area (Å²) in [6.07, 6.45) is -2.89. The smallest absolute Gasteiger partial charge is 0.326 e. The van der Waals surface area contributed by atoms with Crippen molar-refractivity contribution in [3.63, 3.8) is 0 Å². The van der Waals surface area contributed by atoms with Gasteiger partial charge < -0.3 is 10.2 Å². The first-order chi connectivity index (χ1) is 9.77. The molecule has 2 rings (SSSR count). The Bertz CT molecular complexity index is 533. The molecule has 1 aliphatic rings. The molecule has 0 saturated carbocycles. The van der Waals surface area contributed by atoms with E-state index in [9.17, 15) is 18.0 Å². The summed E-state index contributed by atoms with van der Waals surface area (Å²) in [5, 5.41) is 2.17. The molecule has 1 heterocycles. The number of nitrogens with one attached hydrogen (secondary N) is 1. The minimum Gasteiger partial charge on any atom is -0.326 e. The van der Waals surface area contributed by atoms with Crippen LogP contribution in [-0.2, 0) is 11.0 Å². The number of hydrogen-bond donors (Lipinski definition) is 1. The van der Waals surface area contributed by atoms with Crippen LogP contribution in [0.15, 0.2) is 18.2 Å². The quantitative estimate of drug-likeness (QED) is 0.902. The molecule has 1 N–H and O–H groups in total. The topological polar surface area (TPSA) is 32.3 Å². The standard InChI is InChI=1S/C14H16ClF3N2O/c1-20-6-2-3-9(8-20)13(21)19-10-4-5-12(15)11(7-10)14(16,17)18/h4-5,7,9H,2-3,6,8H2,1H3,(H,19,21). The van der Waals surface area contributed by atoms with Crippen LogP contribution in [0.1, 0.15) is 18.4 Å². The number of carbonyl (C=O) groups is 1. The third-order valence-electron chi connectivity index (χ3n) is 3.53. The lowest BCUT2D eigenvalue weighted by Gasteiger charge is -2.28. The van der Waals surface area contributed by atoms with Gasteiger partial charge >= 0.3 is 6.18 Å². The third kappa shape index (κ3) is 4.11. The number of piperidine rings is 1. The van der Waals surface area contributed by atoms with Crippen molar-refractivity contribution in [3.05, 3.63) is 28.8 Å². The zero-order valence-electron chi connectivity index (χ0n) is 11.5. The van der Waals surface area contributed by atoms with E-state index in [-0.39, 0.29) is 22.5 Å². The molecule has 1 atom stereocenters. The number of likely N-dealkylation sites (tertiary alicyclic amines) is 1. The number of rotatable bonds is 2. The first kappa shape index (κ1) is 16.1. The van der Waals surface area contributed by atoms with E-state index in [1.807, 2.05) is 11.9 Å². The van der Waals surface area contributed by atoms with Gasteiger partial charge in [0.05, 0.1) is 16.5 Å². The van der Waals surface area contributed by atoms with E-state index < -0.39 is 11.7 Å². The van der Waals surface area contributed by atoms with E-state index in [4.69, 9.17) is 11.6 Å². The third-order valence-corrected chi connectivity index (χ3v) is 3.86. The van der Waals surface area contributed by atoms with E-state index in [0.29, 0.717) is 6.54 Å². The van der Waals surface area contributed by atoms with E-state index in [1.165, 1.54) is 6.07 Å². The van der Waals surface area contributed by atoms with Gasteiger partial charge in [-0.25, -0.2) is 0 Å². The van der Waals surface area contributed by atoms with E-state index >= 15 is 0 Å². The molecule has 1 amide bonds. The molecule has 116 valence electrons. The van der Waals surface area contributed by atoms with Gasteiger partial charge in [0.15, 0.2) is 0 Å². The number of anilines is 1. The van der Waals surface area contributed by atoms with Crippen molar-refractivity contribution in [2.75, 3.05) is 25.5 Å². The van der Waals surface area contributed by atoms with Gasteiger partial charge in [0.2, 0.25) is 5.91 Å². The Morgan fingerprint density at radius 3 is 2.76 bits per heavy atom. The summed E-state index contributed by atoms with van der Waals surface area (Å²) < 4.78 is 38.3. The number of alkyl halides is 3. The van der Waals surface area contributed by atoms with Crippen LogP contribution >= 0.6 is 11.6 Å². The SMILES string of the molecule is CN1CCCC(C(=O)Nc2ccc(Cl)c(C(F)(F)F)c2)C1. The zero-order chi connectivity index (χ0) is 15.6. The van der Waals surface area contributed by atoms with Gasteiger partial charge in [-0.05, 0) is 44.6 Å². The number of nitrogens with zero attached hydrogens (tertiary/aromatic N) is 1. The van der Waals surface area contributed by atoms with Crippen molar-refractivity contribution in [1.29, 1.82) is 0 Å². The monoisotopic (exact) mass is 320 g/mol. The maximum atomic E-state index is 12.8. The summed E-state index contributed by atoms with van der Waals surface area (Å²) in [5.41, 5.74) is -0.826. The Morgan fingerprint density at radius 2 is 2.14 bits per heavy atom. The van der Waals surface area contributed by atoms with E-state index in [2.05, 4.69) is 5.32 Å². The predicted molar refractivity (Wildman–Crippen MR) is 75.3 cm³/mol. The van der Waals surface area contributed by atoms with Crippen molar-refractivity contribution in [3.8, 4) is 0 Å². The number of hydrogen-bond acceptors (Lipinski definition) is 2. The van der Waals surface area contributed by atoms with Gasteiger partial charge in [-0.1, -0.05) is 11.6 Å². The fourth-order valence-corrected chi connectivity index (χ4v) is 2.67. The Kier molecular flexibility index (Phi) is 4.78. The summed E-state index contributed by atoms with van der Waals surface area (Å²) in [6, 6.07) is 3.39. The molecule has 1 aliphatic heterocycles. The Morgan fingerprint density at radius 1 is 1.43 bits per heavy atom. The maximum absolute atomic E-state index is 12.8. The Balaban J connectivity index is 2.11. The van der Waals surface area contributed by atoms with Crippen molar-refractivity contribution < 1.29 is 18.0 Å². The Labute approximate surface area is 126 Å². The van der Waals surface area contributed by atoms with Gasteiger partial charge in [0.1, 0.15) is 0 Å². The molecule has 3 nitrogen and oxygen atoms in total. The molecule has 7 heteroatoms. The van der Waals surface area contributed by atoms with Gasteiger partial charge in [-0.3, -0.25) is 4.79 Å². The summed E-state index contributed by atoms with van der Waals surface area (Å²) in [7, 11) is 1.92. The number of carbonyl (C=O) groups excluding carboxylic acids is 1. The van der Waals surface area contributed by atoms with Gasteiger partial charge in [-0.15, -0.1) is 0 Å². The minimum absolute atomic E-state index is 0.116. The van der Waals surface area contributed by atoms with Crippen LogP contribution < -0.4 is 5.32 Å². The van der Waals surface area contributed by atoms with Crippen LogP contribution in [0.2, 0.25) is 5.02 Å². The highest BCUT2D eigenvalue weighted by Gasteiger charge is 2.33. The molecular formula is C14H16ClF3N2O. The molecule has 21 heavy (non-hydrogen) atoms. The molecule has 0 aliphatic carbocycles. The summed E-state index contributed by atoms with van der Waals surface area (Å²) in [5.74, 6) is -0.453. The normalized spacial score (nSPS) is 20.3. The molecule has 1 saturated heterocycles. The number of halogens is 4. The van der Waals surface area contributed by atoms with Crippen molar-refractivity contribution in [2.45, 2.75) is 19.0 Å². The molecule has 1 aromatic carbocycles. The van der Waals surface area contributed by atoms with Crippen molar-refractivity contribution in [1.82, 2.24) is 4.90 Å². The van der Waals surface area contributed by atoms with Gasteiger partial charge in [-0.2, -0.15) is 13.2 Å². The number of amides is 1. The van der Waals surface area contributed by atoms with Crippen molar-refractivity contribution >= 4 is 23.2 Å². The molecule has 0 bridgehead atoms. The Hall–Kier alpha value is -1.27. The highest BCUT2D eigenvalue weighted by atomic mass is 35.5. The molecule has 0 spiro atoms. The largest absolute Gasteiger partial charge is 0.417 e. The van der Waals surface area contributed by atoms with Crippen LogP contribution in [0.25, 0.3) is 0 Å². The highest BCUT2D eigenvalue weighted by molar-refractivity contribution is 6.31. The van der Waals surface area contributed by atoms with E-state index in [1.54, 1.807) is 0 Å². The average molecular weight is 321 g/mol. The van der Waals surface area contributed by atoms with Crippen molar-refractivity contribution in [2.24, 2.45) is 5.92 Å². The zero-order valence-corrected chi connectivity index (χ0v) is 12.3. The van der Waals surface area contributed by atoms with E-state index in [0.717, 1.165) is 31.5 Å². The molecular weight excluding hydrogens is 305 g/mol. The second-order valence-electron chi connectivity index (χ2n) is 5.28. The second-order valence-corrected chi connectivity index (χ2v) is 5.69. The fraction of sp³-hybridized carbons (Fsp3) is 0.500. The first-order valence-electron chi connectivity index (χ1n) is 6.63. The van der Waals surface area contributed by atoms with Crippen LogP contribution in [-0.4, -0.2) is 30.9 Å². The number of benzene rings is 1. The molecule has 0 radical (unpaired) electrons. The molecule has 1 unspecified atom stereocenters. The first-order valence-corrected chi connectivity index (χ1v) is 7.01. The van der Waals surface area contributed by atoms with Crippen LogP contribution in [0.4, 0.5) is 18.9 Å². The lowest BCUT2D eigenvalue weighted by molar-refractivity contribution is -0.137. The maximum Gasteiger partial charge on any atom is 0.417 e. The lowest BCUT2D eigenvalue weighted by Crippen LogP contribution is -2.38. The predicted octanol–water partition coefficient (Wildman–Crippen LogP) is 3.64. The fourth-order valence-electron chi connectivity index (χ4n) is 2.44. The molecule has 0 aromatic heterocycles. The summed E-state index contributed by atoms with van der Waals surface area (Å²) in [4.78, 5) is 14.1. The van der Waals surface area contributed by atoms with Crippen LogP contribution in [0.5, 0.6) is 0 Å². The summed E-state index contributed by atoms with van der Waals surface area (Å²) in [6.45, 7) is 1.55. The lowest BCUT2D eigenvalue weighted by atomic mass is 9.97. The van der Waals surface area contributed by atoms with Gasteiger partial charge in [0.25, 0.3) is 0 Å². The molecule has 1 aromatic rings. The second kappa shape index (κ2) is 6.23. The minimum atomic E-state index is -4.54. The highest BCUT2D eigenvalue weighted by Crippen LogP contribution is 2.36. The molecule has 1 fully saturated rings. The van der Waals surface area contributed by atoms with Crippen LogP contribution in [0, 0.1) is 5.92 Å². The average Bonchev–Trinajstić information content (AvgIpc) is 2.39. The van der Waals surface area contributed by atoms with Gasteiger partial charge in [0, 0.05) is 12.2 Å². The van der Waals surface area contributed by atoms with Crippen LogP contribution in [0.3, 0.4) is 0 Å². The summed E-state index contributed by atoms with van der Waals surface area (Å²) >= 11 is 5.55.